The van der Waals surface area contributed by atoms with Crippen molar-refractivity contribution in [2.24, 2.45) is 0 Å². The molecule has 150 valence electrons. The summed E-state index contributed by atoms with van der Waals surface area (Å²) in [6.45, 7) is 6.45. The zero-order valence-corrected chi connectivity index (χ0v) is 16.9. The summed E-state index contributed by atoms with van der Waals surface area (Å²) in [7, 11) is 0. The van der Waals surface area contributed by atoms with Crippen LogP contribution in [-0.2, 0) is 6.54 Å². The summed E-state index contributed by atoms with van der Waals surface area (Å²) < 4.78 is 0. The van der Waals surface area contributed by atoms with E-state index >= 15 is 0 Å². The number of aryl methyl sites for hydroxylation is 1. The van der Waals surface area contributed by atoms with Crippen molar-refractivity contribution in [1.29, 1.82) is 0 Å². The van der Waals surface area contributed by atoms with Crippen molar-refractivity contribution >= 4 is 11.6 Å². The Balaban J connectivity index is 1.43. The predicted molar refractivity (Wildman–Crippen MR) is 115 cm³/mol. The molecule has 3 aromatic rings. The van der Waals surface area contributed by atoms with E-state index < -0.39 is 0 Å². The van der Waals surface area contributed by atoms with Crippen molar-refractivity contribution in [3.05, 3.63) is 63.8 Å². The van der Waals surface area contributed by atoms with Crippen LogP contribution in [0.2, 0.25) is 0 Å². The monoisotopic (exact) mass is 390 g/mol. The van der Waals surface area contributed by atoms with E-state index in [0.717, 1.165) is 36.0 Å². The smallest absolute Gasteiger partial charge is 0.254 e. The molecule has 0 atom stereocenters. The van der Waals surface area contributed by atoms with Gasteiger partial charge in [0, 0.05) is 48.8 Å². The van der Waals surface area contributed by atoms with E-state index in [9.17, 15) is 4.79 Å². The van der Waals surface area contributed by atoms with Crippen molar-refractivity contribution in [3.8, 4) is 11.4 Å². The summed E-state index contributed by atoms with van der Waals surface area (Å²) in [5, 5.41) is 3.35. The van der Waals surface area contributed by atoms with Gasteiger partial charge in [-0.05, 0) is 62.9 Å². The highest BCUT2D eigenvalue weighted by atomic mass is 16.1. The first kappa shape index (κ1) is 19.1. The number of piperidine rings is 1. The van der Waals surface area contributed by atoms with Gasteiger partial charge < -0.3 is 15.2 Å². The molecule has 1 aliphatic rings. The second-order valence-electron chi connectivity index (χ2n) is 7.48. The second kappa shape index (κ2) is 8.43. The molecule has 1 aliphatic heterocycles. The first-order valence-electron chi connectivity index (χ1n) is 10.1. The van der Waals surface area contributed by atoms with Crippen LogP contribution < -0.4 is 15.8 Å². The molecule has 3 aromatic heterocycles. The molecule has 7 heteroatoms. The second-order valence-corrected chi connectivity index (χ2v) is 7.48. The quantitative estimate of drug-likeness (QED) is 0.694. The minimum Gasteiger partial charge on any atom is -0.366 e. The molecule has 0 aliphatic carbocycles. The Bertz CT molecular complexity index is 1040. The molecule has 4 rings (SSSR count). The van der Waals surface area contributed by atoms with Gasteiger partial charge in [-0.3, -0.25) is 4.79 Å². The van der Waals surface area contributed by atoms with E-state index in [2.05, 4.69) is 36.2 Å². The molecular weight excluding hydrogens is 364 g/mol. The highest BCUT2D eigenvalue weighted by Gasteiger charge is 2.12. The minimum absolute atomic E-state index is 0.114. The highest BCUT2D eigenvalue weighted by Crippen LogP contribution is 2.19. The SMILES string of the molecule is Cc1nc(-c2ccc(NCc3ccnc(N4CCCCC4)c3)nc2)[nH]c(=O)c1C. The lowest BCUT2D eigenvalue weighted by Gasteiger charge is -2.27. The van der Waals surface area contributed by atoms with E-state index in [0.29, 0.717) is 17.9 Å². The molecular formula is C22H26N6O. The standard InChI is InChI=1S/C22H26N6O/c1-15-16(2)26-21(27-22(15)29)18-6-7-19(25-14-18)24-13-17-8-9-23-20(12-17)28-10-4-3-5-11-28/h6-9,12,14H,3-5,10-11,13H2,1-2H3,(H,24,25)(H,26,27,29). The number of aromatic nitrogens is 4. The first-order chi connectivity index (χ1) is 14.1. The third-order valence-electron chi connectivity index (χ3n) is 5.40. The normalized spacial score (nSPS) is 14.1. The van der Waals surface area contributed by atoms with Crippen LogP contribution >= 0.6 is 0 Å². The van der Waals surface area contributed by atoms with Crippen LogP contribution in [0.1, 0.15) is 36.1 Å². The Labute approximate surface area is 170 Å². The molecule has 0 saturated carbocycles. The maximum atomic E-state index is 12.0. The van der Waals surface area contributed by atoms with Gasteiger partial charge in [-0.15, -0.1) is 0 Å². The van der Waals surface area contributed by atoms with Crippen molar-refractivity contribution in [3.63, 3.8) is 0 Å². The van der Waals surface area contributed by atoms with E-state index in [1.54, 1.807) is 13.1 Å². The molecule has 0 spiro atoms. The van der Waals surface area contributed by atoms with Gasteiger partial charge in [0.25, 0.3) is 5.56 Å². The molecule has 0 radical (unpaired) electrons. The van der Waals surface area contributed by atoms with Crippen molar-refractivity contribution in [2.45, 2.75) is 39.7 Å². The number of pyridine rings is 2. The van der Waals surface area contributed by atoms with Crippen LogP contribution in [0, 0.1) is 13.8 Å². The maximum absolute atomic E-state index is 12.0. The van der Waals surface area contributed by atoms with Gasteiger partial charge in [0.15, 0.2) is 0 Å². The van der Waals surface area contributed by atoms with Crippen LogP contribution in [-0.4, -0.2) is 33.0 Å². The van der Waals surface area contributed by atoms with E-state index in [1.807, 2.05) is 31.3 Å². The minimum atomic E-state index is -0.114. The number of anilines is 2. The molecule has 29 heavy (non-hydrogen) atoms. The summed E-state index contributed by atoms with van der Waals surface area (Å²) in [6, 6.07) is 7.99. The molecule has 2 N–H and O–H groups in total. The molecule has 0 amide bonds. The number of nitrogens with zero attached hydrogens (tertiary/aromatic N) is 4. The Kier molecular flexibility index (Phi) is 5.55. The third-order valence-corrected chi connectivity index (χ3v) is 5.40. The lowest BCUT2D eigenvalue weighted by atomic mass is 10.1. The van der Waals surface area contributed by atoms with Gasteiger partial charge >= 0.3 is 0 Å². The van der Waals surface area contributed by atoms with Gasteiger partial charge in [-0.25, -0.2) is 15.0 Å². The van der Waals surface area contributed by atoms with Gasteiger partial charge in [0.05, 0.1) is 0 Å². The summed E-state index contributed by atoms with van der Waals surface area (Å²) in [5.74, 6) is 2.37. The summed E-state index contributed by atoms with van der Waals surface area (Å²) >= 11 is 0. The van der Waals surface area contributed by atoms with E-state index in [1.165, 1.54) is 24.8 Å². The van der Waals surface area contributed by atoms with Crippen LogP contribution in [0.5, 0.6) is 0 Å². The van der Waals surface area contributed by atoms with Crippen LogP contribution in [0.4, 0.5) is 11.6 Å². The fourth-order valence-corrected chi connectivity index (χ4v) is 3.48. The molecule has 1 fully saturated rings. The van der Waals surface area contributed by atoms with Gasteiger partial charge in [-0.1, -0.05) is 0 Å². The van der Waals surface area contributed by atoms with E-state index in [-0.39, 0.29) is 5.56 Å². The predicted octanol–water partition coefficient (Wildman–Crippen LogP) is 3.45. The Morgan fingerprint density at radius 3 is 2.66 bits per heavy atom. The number of rotatable bonds is 5. The van der Waals surface area contributed by atoms with Crippen LogP contribution in [0.3, 0.4) is 0 Å². The Morgan fingerprint density at radius 1 is 1.10 bits per heavy atom. The topological polar surface area (TPSA) is 86.8 Å². The molecule has 0 bridgehead atoms. The van der Waals surface area contributed by atoms with Gasteiger partial charge in [0.1, 0.15) is 17.5 Å². The van der Waals surface area contributed by atoms with Crippen molar-refractivity contribution < 1.29 is 0 Å². The largest absolute Gasteiger partial charge is 0.366 e. The van der Waals surface area contributed by atoms with Crippen LogP contribution in [0.25, 0.3) is 11.4 Å². The number of aromatic amines is 1. The van der Waals surface area contributed by atoms with Gasteiger partial charge in [-0.2, -0.15) is 0 Å². The third kappa shape index (κ3) is 4.45. The summed E-state index contributed by atoms with van der Waals surface area (Å²) in [5.41, 5.74) is 3.21. The maximum Gasteiger partial charge on any atom is 0.254 e. The lowest BCUT2D eigenvalue weighted by molar-refractivity contribution is 0.573. The Morgan fingerprint density at radius 2 is 1.93 bits per heavy atom. The average molecular weight is 390 g/mol. The number of nitrogens with one attached hydrogen (secondary N) is 2. The number of H-pyrrole nitrogens is 1. The van der Waals surface area contributed by atoms with Crippen molar-refractivity contribution in [2.75, 3.05) is 23.3 Å². The molecule has 4 heterocycles. The molecule has 0 unspecified atom stereocenters. The summed E-state index contributed by atoms with van der Waals surface area (Å²) in [6.07, 6.45) is 7.38. The number of hydrogen-bond acceptors (Lipinski definition) is 6. The zero-order valence-electron chi connectivity index (χ0n) is 16.9. The summed E-state index contributed by atoms with van der Waals surface area (Å²) in [4.78, 5) is 30.6. The molecule has 0 aromatic carbocycles. The fraction of sp³-hybridized carbons (Fsp3) is 0.364. The highest BCUT2D eigenvalue weighted by molar-refractivity contribution is 5.56. The lowest BCUT2D eigenvalue weighted by Crippen LogP contribution is -2.30. The first-order valence-corrected chi connectivity index (χ1v) is 10.1. The van der Waals surface area contributed by atoms with E-state index in [4.69, 9.17) is 0 Å². The zero-order chi connectivity index (χ0) is 20.2. The fourth-order valence-electron chi connectivity index (χ4n) is 3.48. The van der Waals surface area contributed by atoms with Crippen LogP contribution in [0.15, 0.2) is 41.5 Å². The molecule has 1 saturated heterocycles. The molecule has 7 nitrogen and oxygen atoms in total. The number of hydrogen-bond donors (Lipinski definition) is 2. The van der Waals surface area contributed by atoms with Crippen molar-refractivity contribution in [1.82, 2.24) is 19.9 Å². The van der Waals surface area contributed by atoms with Gasteiger partial charge in [0.2, 0.25) is 0 Å². The average Bonchev–Trinajstić information content (AvgIpc) is 2.77. The Hall–Kier alpha value is -3.22.